The van der Waals surface area contributed by atoms with Crippen LogP contribution in [0, 0.1) is 0 Å². The van der Waals surface area contributed by atoms with Gasteiger partial charge in [-0.15, -0.1) is 11.3 Å². The Kier molecular flexibility index (Phi) is 2.70. The fraction of sp³-hybridized carbons (Fsp3) is 0.273. The van der Waals surface area contributed by atoms with Crippen molar-refractivity contribution in [3.05, 3.63) is 29.1 Å². The summed E-state index contributed by atoms with van der Waals surface area (Å²) in [6.45, 7) is 3.43. The highest BCUT2D eigenvalue weighted by Gasteiger charge is 2.05. The zero-order chi connectivity index (χ0) is 9.97. The molecule has 0 fully saturated rings. The minimum Gasteiger partial charge on any atom is -0.398 e. The molecule has 1 heterocycles. The molecule has 0 unspecified atom stereocenters. The summed E-state index contributed by atoms with van der Waals surface area (Å²) in [5, 5.41) is 3.35. The summed E-state index contributed by atoms with van der Waals surface area (Å²) in [6, 6.07) is 6.01. The fourth-order valence-corrected chi connectivity index (χ4v) is 2.44. The largest absolute Gasteiger partial charge is 0.398 e. The molecule has 2 N–H and O–H groups in total. The van der Waals surface area contributed by atoms with Crippen LogP contribution in [0.3, 0.4) is 0 Å². The number of nitrogen functional groups attached to an aromatic ring is 1. The van der Waals surface area contributed by atoms with Crippen LogP contribution in [0.5, 0.6) is 0 Å². The van der Waals surface area contributed by atoms with Crippen molar-refractivity contribution in [2.45, 2.75) is 13.5 Å². The summed E-state index contributed by atoms with van der Waals surface area (Å²) in [5.41, 5.74) is 7.96. The van der Waals surface area contributed by atoms with E-state index in [1.807, 2.05) is 19.1 Å². The van der Waals surface area contributed by atoms with E-state index >= 15 is 0 Å². The summed E-state index contributed by atoms with van der Waals surface area (Å²) in [5.74, 6) is 0. The van der Waals surface area contributed by atoms with Crippen molar-refractivity contribution in [1.82, 2.24) is 0 Å². The zero-order valence-corrected chi connectivity index (χ0v) is 8.93. The lowest BCUT2D eigenvalue weighted by Gasteiger charge is -2.00. The molecule has 1 aromatic carbocycles. The van der Waals surface area contributed by atoms with E-state index in [0.29, 0.717) is 6.61 Å². The Balaban J connectivity index is 2.42. The van der Waals surface area contributed by atoms with Gasteiger partial charge in [0.2, 0.25) is 0 Å². The van der Waals surface area contributed by atoms with Gasteiger partial charge in [-0.25, -0.2) is 0 Å². The van der Waals surface area contributed by atoms with Crippen LogP contribution in [0.1, 0.15) is 12.5 Å². The Labute approximate surface area is 87.3 Å². The lowest BCUT2D eigenvalue weighted by atomic mass is 10.2. The van der Waals surface area contributed by atoms with E-state index in [4.69, 9.17) is 10.5 Å². The van der Waals surface area contributed by atoms with E-state index in [1.54, 1.807) is 11.3 Å². The summed E-state index contributed by atoms with van der Waals surface area (Å²) in [6.07, 6.45) is 0. The van der Waals surface area contributed by atoms with E-state index in [1.165, 1.54) is 15.6 Å². The topological polar surface area (TPSA) is 35.2 Å². The molecule has 74 valence electrons. The normalized spacial score (nSPS) is 10.9. The summed E-state index contributed by atoms with van der Waals surface area (Å²) >= 11 is 1.69. The number of ether oxygens (including phenoxy) is 1. The van der Waals surface area contributed by atoms with Gasteiger partial charge in [0.05, 0.1) is 11.3 Å². The lowest BCUT2D eigenvalue weighted by molar-refractivity contribution is 0.135. The van der Waals surface area contributed by atoms with Gasteiger partial charge in [-0.05, 0) is 23.9 Å². The van der Waals surface area contributed by atoms with Gasteiger partial charge >= 0.3 is 0 Å². The predicted molar refractivity (Wildman–Crippen MR) is 61.6 cm³/mol. The smallest absolute Gasteiger partial charge is 0.0730 e. The highest BCUT2D eigenvalue weighted by molar-refractivity contribution is 7.18. The quantitative estimate of drug-likeness (QED) is 0.785. The first kappa shape index (κ1) is 9.49. The van der Waals surface area contributed by atoms with Crippen LogP contribution >= 0.6 is 11.3 Å². The summed E-state index contributed by atoms with van der Waals surface area (Å²) < 4.78 is 6.56. The molecule has 2 nitrogen and oxygen atoms in total. The van der Waals surface area contributed by atoms with Crippen molar-refractivity contribution >= 4 is 27.1 Å². The van der Waals surface area contributed by atoms with Crippen molar-refractivity contribution < 1.29 is 4.74 Å². The van der Waals surface area contributed by atoms with Gasteiger partial charge < -0.3 is 10.5 Å². The number of thiophene rings is 1. The number of hydrogen-bond donors (Lipinski definition) is 1. The molecular weight excluding hydrogens is 194 g/mol. The Hall–Kier alpha value is -1.06. The molecule has 0 aliphatic carbocycles. The second kappa shape index (κ2) is 3.98. The number of rotatable bonds is 3. The van der Waals surface area contributed by atoms with Crippen LogP contribution in [0.15, 0.2) is 23.6 Å². The van der Waals surface area contributed by atoms with E-state index < -0.39 is 0 Å². The Morgan fingerprint density at radius 3 is 3.07 bits per heavy atom. The number of nitrogens with two attached hydrogens (primary N) is 1. The molecule has 2 aromatic rings. The van der Waals surface area contributed by atoms with E-state index in [-0.39, 0.29) is 0 Å². The third-order valence-electron chi connectivity index (χ3n) is 2.17. The third kappa shape index (κ3) is 1.61. The van der Waals surface area contributed by atoms with Gasteiger partial charge in [0, 0.05) is 17.7 Å². The van der Waals surface area contributed by atoms with Gasteiger partial charge in [0.1, 0.15) is 0 Å². The fourth-order valence-electron chi connectivity index (χ4n) is 1.46. The molecule has 14 heavy (non-hydrogen) atoms. The summed E-state index contributed by atoms with van der Waals surface area (Å²) in [7, 11) is 0. The SMILES string of the molecule is CCOCc1csc2c(N)cccc12. The second-order valence-electron chi connectivity index (χ2n) is 3.12. The van der Waals surface area contributed by atoms with Crippen LogP contribution in [0.4, 0.5) is 5.69 Å². The number of anilines is 1. The first-order valence-corrected chi connectivity index (χ1v) is 5.53. The molecule has 1 aromatic heterocycles. The van der Waals surface area contributed by atoms with E-state index in [0.717, 1.165) is 12.3 Å². The molecule has 0 saturated carbocycles. The molecule has 3 heteroatoms. The molecule has 0 atom stereocenters. The van der Waals surface area contributed by atoms with Crippen LogP contribution in [0.2, 0.25) is 0 Å². The molecular formula is C11H13NOS. The minimum absolute atomic E-state index is 0.681. The standard InChI is InChI=1S/C11H13NOS/c1-2-13-6-8-7-14-11-9(8)4-3-5-10(11)12/h3-5,7H,2,6,12H2,1H3. The number of fused-ring (bicyclic) bond motifs is 1. The Bertz CT molecular complexity index is 436. The molecule has 0 spiro atoms. The predicted octanol–water partition coefficient (Wildman–Crippen LogP) is 3.02. The van der Waals surface area contributed by atoms with Crippen LogP contribution in [-0.2, 0) is 11.3 Å². The Morgan fingerprint density at radius 2 is 2.29 bits per heavy atom. The van der Waals surface area contributed by atoms with Crippen molar-refractivity contribution in [2.75, 3.05) is 12.3 Å². The molecule has 0 aliphatic heterocycles. The van der Waals surface area contributed by atoms with Crippen molar-refractivity contribution in [1.29, 1.82) is 0 Å². The van der Waals surface area contributed by atoms with Crippen LogP contribution in [0.25, 0.3) is 10.1 Å². The van der Waals surface area contributed by atoms with Gasteiger partial charge in [-0.3, -0.25) is 0 Å². The van der Waals surface area contributed by atoms with Crippen molar-refractivity contribution in [3.8, 4) is 0 Å². The van der Waals surface area contributed by atoms with Crippen molar-refractivity contribution in [3.63, 3.8) is 0 Å². The van der Waals surface area contributed by atoms with Gasteiger partial charge in [0.15, 0.2) is 0 Å². The molecule has 2 rings (SSSR count). The first-order valence-electron chi connectivity index (χ1n) is 4.65. The second-order valence-corrected chi connectivity index (χ2v) is 4.00. The molecule has 0 bridgehead atoms. The Morgan fingerprint density at radius 1 is 1.43 bits per heavy atom. The third-order valence-corrected chi connectivity index (χ3v) is 3.27. The highest BCUT2D eigenvalue weighted by atomic mass is 32.1. The lowest BCUT2D eigenvalue weighted by Crippen LogP contribution is -1.90. The molecule has 0 saturated heterocycles. The maximum atomic E-state index is 5.87. The van der Waals surface area contributed by atoms with Crippen LogP contribution < -0.4 is 5.73 Å². The molecule has 0 amide bonds. The minimum atomic E-state index is 0.681. The van der Waals surface area contributed by atoms with Crippen molar-refractivity contribution in [2.24, 2.45) is 0 Å². The summed E-state index contributed by atoms with van der Waals surface area (Å²) in [4.78, 5) is 0. The molecule has 0 aliphatic rings. The first-order chi connectivity index (χ1) is 6.83. The maximum Gasteiger partial charge on any atom is 0.0730 e. The molecule has 0 radical (unpaired) electrons. The van der Waals surface area contributed by atoms with Gasteiger partial charge in [-0.2, -0.15) is 0 Å². The van der Waals surface area contributed by atoms with E-state index in [9.17, 15) is 0 Å². The highest BCUT2D eigenvalue weighted by Crippen LogP contribution is 2.30. The zero-order valence-electron chi connectivity index (χ0n) is 8.12. The van der Waals surface area contributed by atoms with Crippen LogP contribution in [-0.4, -0.2) is 6.61 Å². The van der Waals surface area contributed by atoms with E-state index in [2.05, 4.69) is 11.4 Å². The maximum absolute atomic E-state index is 5.87. The monoisotopic (exact) mass is 207 g/mol. The van der Waals surface area contributed by atoms with Gasteiger partial charge in [0.25, 0.3) is 0 Å². The number of benzene rings is 1. The average Bonchev–Trinajstić information content (AvgIpc) is 2.60. The number of hydrogen-bond acceptors (Lipinski definition) is 3. The van der Waals surface area contributed by atoms with Gasteiger partial charge in [-0.1, -0.05) is 12.1 Å². The average molecular weight is 207 g/mol.